The smallest absolute Gasteiger partial charge is 0.398 e. The van der Waals surface area contributed by atoms with Crippen molar-refractivity contribution in [2.75, 3.05) is 0 Å². The van der Waals surface area contributed by atoms with E-state index < -0.39 is 30.0 Å². The largest absolute Gasteiger partial charge is 0.516 e. The maximum atomic E-state index is 13.3. The molecule has 2 aromatic rings. The van der Waals surface area contributed by atoms with Gasteiger partial charge in [-0.25, -0.2) is 13.8 Å². The SMILES string of the molecule is CC1(C)OB(c2cn(-c3ccc(F)c(F)c3)cn2)OC1(C)C. The van der Waals surface area contributed by atoms with Crippen molar-refractivity contribution in [3.8, 4) is 5.69 Å². The quantitative estimate of drug-likeness (QED) is 0.800. The molecule has 1 aromatic carbocycles. The zero-order valence-electron chi connectivity index (χ0n) is 12.9. The zero-order valence-corrected chi connectivity index (χ0v) is 12.9. The standard InChI is InChI=1S/C15H17BF2N2O2/c1-14(2)15(3,4)22-16(21-14)13-8-20(9-19-13)10-5-6-11(17)12(18)7-10/h5-9H,1-4H3. The Kier molecular flexibility index (Phi) is 3.38. The van der Waals surface area contributed by atoms with E-state index in [4.69, 9.17) is 9.31 Å². The van der Waals surface area contributed by atoms with Crippen LogP contribution >= 0.6 is 0 Å². The summed E-state index contributed by atoms with van der Waals surface area (Å²) in [6.07, 6.45) is 3.21. The van der Waals surface area contributed by atoms with Crippen molar-refractivity contribution in [2.24, 2.45) is 0 Å². The number of rotatable bonds is 2. The Bertz CT molecular complexity index is 699. The second-order valence-corrected chi connectivity index (χ2v) is 6.39. The van der Waals surface area contributed by atoms with Gasteiger partial charge >= 0.3 is 7.12 Å². The van der Waals surface area contributed by atoms with Crippen LogP contribution < -0.4 is 5.59 Å². The van der Waals surface area contributed by atoms with E-state index in [-0.39, 0.29) is 0 Å². The molecule has 1 fully saturated rings. The predicted molar refractivity (Wildman–Crippen MR) is 79.2 cm³/mol. The Morgan fingerprint density at radius 3 is 2.27 bits per heavy atom. The number of halogens is 2. The van der Waals surface area contributed by atoms with E-state index in [9.17, 15) is 8.78 Å². The first-order valence-electron chi connectivity index (χ1n) is 7.04. The Morgan fingerprint density at radius 2 is 1.68 bits per heavy atom. The second-order valence-electron chi connectivity index (χ2n) is 6.39. The molecular formula is C15H17BF2N2O2. The molecule has 3 rings (SSSR count). The summed E-state index contributed by atoms with van der Waals surface area (Å²) in [7, 11) is -0.587. The number of hydrogen-bond donors (Lipinski definition) is 0. The molecule has 0 spiro atoms. The normalized spacial score (nSPS) is 19.6. The molecule has 7 heteroatoms. The van der Waals surface area contributed by atoms with Crippen molar-refractivity contribution in [2.45, 2.75) is 38.9 Å². The van der Waals surface area contributed by atoms with Crippen LogP contribution in [0, 0.1) is 11.6 Å². The van der Waals surface area contributed by atoms with Crippen LogP contribution in [0.5, 0.6) is 0 Å². The minimum atomic E-state index is -0.900. The number of nitrogens with zero attached hydrogens (tertiary/aromatic N) is 2. The van der Waals surface area contributed by atoms with Gasteiger partial charge in [0.25, 0.3) is 0 Å². The molecule has 0 saturated carbocycles. The lowest BCUT2D eigenvalue weighted by molar-refractivity contribution is 0.00578. The van der Waals surface area contributed by atoms with Gasteiger partial charge < -0.3 is 13.9 Å². The van der Waals surface area contributed by atoms with Crippen LogP contribution in [0.25, 0.3) is 5.69 Å². The van der Waals surface area contributed by atoms with Crippen LogP contribution in [-0.4, -0.2) is 27.9 Å². The highest BCUT2D eigenvalue weighted by Crippen LogP contribution is 2.36. The maximum Gasteiger partial charge on any atom is 0.516 e. The monoisotopic (exact) mass is 306 g/mol. The molecule has 116 valence electrons. The Morgan fingerprint density at radius 1 is 1.05 bits per heavy atom. The third-order valence-corrected chi connectivity index (χ3v) is 4.30. The number of benzene rings is 1. The fourth-order valence-corrected chi connectivity index (χ4v) is 2.21. The van der Waals surface area contributed by atoms with Crippen LogP contribution in [0.15, 0.2) is 30.7 Å². The van der Waals surface area contributed by atoms with E-state index >= 15 is 0 Å². The van der Waals surface area contributed by atoms with Gasteiger partial charge in [-0.3, -0.25) is 0 Å². The molecular weight excluding hydrogens is 289 g/mol. The number of aromatic nitrogens is 2. The lowest BCUT2D eigenvalue weighted by Crippen LogP contribution is -2.41. The highest BCUT2D eigenvalue weighted by molar-refractivity contribution is 6.61. The highest BCUT2D eigenvalue weighted by Gasteiger charge is 2.52. The van der Waals surface area contributed by atoms with E-state index in [1.165, 1.54) is 12.4 Å². The average Bonchev–Trinajstić information content (AvgIpc) is 2.97. The number of imidazole rings is 1. The van der Waals surface area contributed by atoms with Gasteiger partial charge in [0.15, 0.2) is 11.6 Å². The topological polar surface area (TPSA) is 36.3 Å². The van der Waals surface area contributed by atoms with E-state index in [0.29, 0.717) is 11.3 Å². The molecule has 4 nitrogen and oxygen atoms in total. The third-order valence-electron chi connectivity index (χ3n) is 4.30. The molecule has 0 bridgehead atoms. The van der Waals surface area contributed by atoms with Gasteiger partial charge in [0.05, 0.1) is 23.1 Å². The van der Waals surface area contributed by atoms with Crippen LogP contribution in [0.4, 0.5) is 8.78 Å². The van der Waals surface area contributed by atoms with Gasteiger partial charge in [-0.2, -0.15) is 0 Å². The average molecular weight is 306 g/mol. The maximum absolute atomic E-state index is 13.3. The Hall–Kier alpha value is -1.73. The summed E-state index contributed by atoms with van der Waals surface area (Å²) in [4.78, 5) is 4.25. The van der Waals surface area contributed by atoms with Crippen LogP contribution in [0.2, 0.25) is 0 Å². The van der Waals surface area contributed by atoms with Gasteiger partial charge in [0.1, 0.15) is 0 Å². The second kappa shape index (κ2) is 4.89. The molecule has 0 atom stereocenters. The van der Waals surface area contributed by atoms with Crippen molar-refractivity contribution < 1.29 is 18.1 Å². The fourth-order valence-electron chi connectivity index (χ4n) is 2.21. The zero-order chi connectivity index (χ0) is 16.1. The van der Waals surface area contributed by atoms with E-state index in [1.807, 2.05) is 27.7 Å². The summed E-state index contributed by atoms with van der Waals surface area (Å²) >= 11 is 0. The van der Waals surface area contributed by atoms with Crippen LogP contribution in [0.3, 0.4) is 0 Å². The van der Waals surface area contributed by atoms with Gasteiger partial charge in [0.2, 0.25) is 0 Å². The lowest BCUT2D eigenvalue weighted by Gasteiger charge is -2.32. The molecule has 1 aliphatic heterocycles. The van der Waals surface area contributed by atoms with Gasteiger partial charge in [-0.05, 0) is 39.8 Å². The highest BCUT2D eigenvalue weighted by atomic mass is 19.2. The minimum absolute atomic E-state index is 0.455. The van der Waals surface area contributed by atoms with Crippen LogP contribution in [-0.2, 0) is 9.31 Å². The summed E-state index contributed by atoms with van der Waals surface area (Å²) in [6.45, 7) is 7.83. The summed E-state index contributed by atoms with van der Waals surface area (Å²) in [6, 6.07) is 3.68. The molecule has 0 unspecified atom stereocenters. The molecule has 0 aliphatic carbocycles. The molecule has 0 radical (unpaired) electrons. The van der Waals surface area contributed by atoms with Crippen molar-refractivity contribution >= 4 is 12.7 Å². The summed E-state index contributed by atoms with van der Waals surface area (Å²) in [5.41, 5.74) is 0.157. The minimum Gasteiger partial charge on any atom is -0.398 e. The van der Waals surface area contributed by atoms with Crippen LogP contribution in [0.1, 0.15) is 27.7 Å². The Balaban J connectivity index is 1.87. The van der Waals surface area contributed by atoms with Crippen molar-refractivity contribution in [1.82, 2.24) is 9.55 Å². The fraction of sp³-hybridized carbons (Fsp3) is 0.400. The van der Waals surface area contributed by atoms with Crippen molar-refractivity contribution in [3.05, 3.63) is 42.4 Å². The van der Waals surface area contributed by atoms with Crippen molar-refractivity contribution in [1.29, 1.82) is 0 Å². The molecule has 1 saturated heterocycles. The predicted octanol–water partition coefficient (Wildman–Crippen LogP) is 2.45. The summed E-state index contributed by atoms with van der Waals surface area (Å²) in [5, 5.41) is 0. The molecule has 0 N–H and O–H groups in total. The first-order chi connectivity index (χ1) is 10.2. The molecule has 0 amide bonds. The van der Waals surface area contributed by atoms with E-state index in [0.717, 1.165) is 12.1 Å². The molecule has 1 aromatic heterocycles. The first kappa shape index (κ1) is 15.2. The lowest BCUT2D eigenvalue weighted by atomic mass is 9.86. The molecule has 2 heterocycles. The summed E-state index contributed by atoms with van der Waals surface area (Å²) < 4.78 is 39.7. The first-order valence-corrected chi connectivity index (χ1v) is 7.04. The van der Waals surface area contributed by atoms with Crippen molar-refractivity contribution in [3.63, 3.8) is 0 Å². The van der Waals surface area contributed by atoms with E-state index in [2.05, 4.69) is 4.98 Å². The number of hydrogen-bond acceptors (Lipinski definition) is 3. The molecule has 1 aliphatic rings. The van der Waals surface area contributed by atoms with Gasteiger partial charge in [0, 0.05) is 18.0 Å². The Labute approximate surface area is 128 Å². The molecule has 22 heavy (non-hydrogen) atoms. The van der Waals surface area contributed by atoms with E-state index in [1.54, 1.807) is 10.8 Å². The third kappa shape index (κ3) is 2.44. The summed E-state index contributed by atoms with van der Waals surface area (Å²) in [5.74, 6) is -1.78. The van der Waals surface area contributed by atoms with Gasteiger partial charge in [-0.15, -0.1) is 0 Å². The van der Waals surface area contributed by atoms with Gasteiger partial charge in [-0.1, -0.05) is 0 Å².